The maximum atomic E-state index is 5.32. The largest absolute Gasteiger partial charge is 0.367 e. The summed E-state index contributed by atoms with van der Waals surface area (Å²) in [7, 11) is 0. The molecular formula is C6H10N4S. The van der Waals surface area contributed by atoms with Crippen LogP contribution < -0.4 is 11.1 Å². The van der Waals surface area contributed by atoms with E-state index in [1.54, 1.807) is 6.08 Å². The molecule has 1 aromatic rings. The Balaban J connectivity index is 2.57. The molecule has 1 rings (SSSR count). The van der Waals surface area contributed by atoms with Crippen molar-refractivity contribution in [2.24, 2.45) is 0 Å². The van der Waals surface area contributed by atoms with Gasteiger partial charge in [-0.1, -0.05) is 6.08 Å². The van der Waals surface area contributed by atoms with Crippen molar-refractivity contribution >= 4 is 22.6 Å². The number of hydrogen-bond acceptors (Lipinski definition) is 5. The molecule has 5 heteroatoms. The average molecular weight is 170 g/mol. The third-order valence-corrected chi connectivity index (χ3v) is 1.81. The van der Waals surface area contributed by atoms with Crippen molar-refractivity contribution in [3.8, 4) is 0 Å². The Morgan fingerprint density at radius 3 is 3.00 bits per heavy atom. The number of rotatable bonds is 3. The summed E-state index contributed by atoms with van der Waals surface area (Å²) in [4.78, 5) is 3.92. The third kappa shape index (κ3) is 2.19. The van der Waals surface area contributed by atoms with Gasteiger partial charge in [0.15, 0.2) is 0 Å². The van der Waals surface area contributed by atoms with Gasteiger partial charge >= 0.3 is 0 Å². The monoisotopic (exact) mass is 170 g/mol. The Morgan fingerprint density at radius 2 is 2.55 bits per heavy atom. The van der Waals surface area contributed by atoms with Crippen molar-refractivity contribution in [2.45, 2.75) is 13.0 Å². The normalized spacial score (nSPS) is 12.5. The molecular weight excluding hydrogens is 160 g/mol. The van der Waals surface area contributed by atoms with Crippen LogP contribution in [0.4, 0.5) is 11.1 Å². The lowest BCUT2D eigenvalue weighted by Gasteiger charge is -2.04. The minimum absolute atomic E-state index is 0.197. The van der Waals surface area contributed by atoms with Crippen molar-refractivity contribution in [1.29, 1.82) is 0 Å². The molecule has 1 atom stereocenters. The van der Waals surface area contributed by atoms with Crippen LogP contribution in [-0.2, 0) is 0 Å². The minimum Gasteiger partial charge on any atom is -0.367 e. The zero-order chi connectivity index (χ0) is 8.27. The predicted octanol–water partition coefficient (Wildman–Crippen LogP) is 1.11. The first-order valence-electron chi connectivity index (χ1n) is 3.20. The van der Waals surface area contributed by atoms with E-state index < -0.39 is 0 Å². The topological polar surface area (TPSA) is 63.8 Å². The van der Waals surface area contributed by atoms with Gasteiger partial charge in [-0.2, -0.15) is 9.36 Å². The molecule has 4 nitrogen and oxygen atoms in total. The number of aromatic nitrogens is 2. The van der Waals surface area contributed by atoms with E-state index in [4.69, 9.17) is 5.73 Å². The molecule has 60 valence electrons. The van der Waals surface area contributed by atoms with E-state index in [2.05, 4.69) is 21.3 Å². The summed E-state index contributed by atoms with van der Waals surface area (Å²) in [6.45, 7) is 5.60. The van der Waals surface area contributed by atoms with Gasteiger partial charge in [-0.15, -0.1) is 6.58 Å². The smallest absolute Gasteiger partial charge is 0.233 e. The van der Waals surface area contributed by atoms with Crippen LogP contribution >= 0.6 is 11.5 Å². The molecule has 0 saturated heterocycles. The highest BCUT2D eigenvalue weighted by atomic mass is 32.1. The molecule has 0 aromatic carbocycles. The van der Waals surface area contributed by atoms with Crippen molar-refractivity contribution in [2.75, 3.05) is 11.1 Å². The van der Waals surface area contributed by atoms with Crippen LogP contribution in [0.2, 0.25) is 0 Å². The molecule has 0 aliphatic carbocycles. The Hall–Kier alpha value is -1.10. The quantitative estimate of drug-likeness (QED) is 0.667. The standard InChI is InChI=1S/C6H10N4S/c1-3-4(2)8-6-9-5(7)10-11-6/h3-4H,1H2,2H3,(H3,7,8,9,10). The zero-order valence-electron chi connectivity index (χ0n) is 6.24. The van der Waals surface area contributed by atoms with Crippen LogP contribution in [0.25, 0.3) is 0 Å². The van der Waals surface area contributed by atoms with Gasteiger partial charge < -0.3 is 11.1 Å². The van der Waals surface area contributed by atoms with Crippen molar-refractivity contribution < 1.29 is 0 Å². The number of hydrogen-bond donors (Lipinski definition) is 2. The van der Waals surface area contributed by atoms with Gasteiger partial charge in [-0.25, -0.2) is 0 Å². The molecule has 0 bridgehead atoms. The highest BCUT2D eigenvalue weighted by molar-refractivity contribution is 7.09. The van der Waals surface area contributed by atoms with Crippen molar-refractivity contribution in [3.05, 3.63) is 12.7 Å². The molecule has 11 heavy (non-hydrogen) atoms. The average Bonchev–Trinajstić information content (AvgIpc) is 2.35. The Kier molecular flexibility index (Phi) is 2.43. The highest BCUT2D eigenvalue weighted by Gasteiger charge is 2.01. The van der Waals surface area contributed by atoms with Crippen LogP contribution in [0.15, 0.2) is 12.7 Å². The molecule has 0 spiro atoms. The van der Waals surface area contributed by atoms with E-state index in [1.165, 1.54) is 11.5 Å². The summed E-state index contributed by atoms with van der Waals surface area (Å²) in [6.07, 6.45) is 1.79. The summed E-state index contributed by atoms with van der Waals surface area (Å²) in [6, 6.07) is 0.197. The van der Waals surface area contributed by atoms with Crippen LogP contribution in [0.3, 0.4) is 0 Å². The maximum absolute atomic E-state index is 5.32. The van der Waals surface area contributed by atoms with E-state index in [9.17, 15) is 0 Å². The Morgan fingerprint density at radius 1 is 1.82 bits per heavy atom. The van der Waals surface area contributed by atoms with Gasteiger partial charge in [0, 0.05) is 17.6 Å². The number of nitrogens with one attached hydrogen (secondary N) is 1. The summed E-state index contributed by atoms with van der Waals surface area (Å²) in [5.41, 5.74) is 5.32. The third-order valence-electron chi connectivity index (χ3n) is 1.15. The second-order valence-electron chi connectivity index (χ2n) is 2.13. The molecule has 3 N–H and O–H groups in total. The van der Waals surface area contributed by atoms with Crippen LogP contribution in [-0.4, -0.2) is 15.4 Å². The van der Waals surface area contributed by atoms with Gasteiger partial charge in [0.05, 0.1) is 0 Å². The molecule has 0 radical (unpaired) electrons. The molecule has 0 saturated carbocycles. The number of nitrogens with two attached hydrogens (primary N) is 1. The molecule has 1 heterocycles. The lowest BCUT2D eigenvalue weighted by Crippen LogP contribution is -2.10. The second-order valence-corrected chi connectivity index (χ2v) is 2.88. The molecule has 1 aromatic heterocycles. The number of nitrogens with zero attached hydrogens (tertiary/aromatic N) is 2. The van der Waals surface area contributed by atoms with E-state index in [-0.39, 0.29) is 6.04 Å². The molecule has 1 unspecified atom stereocenters. The van der Waals surface area contributed by atoms with Crippen LogP contribution in [0.5, 0.6) is 0 Å². The number of nitrogen functional groups attached to an aromatic ring is 1. The van der Waals surface area contributed by atoms with E-state index in [0.29, 0.717) is 5.95 Å². The van der Waals surface area contributed by atoms with Gasteiger partial charge in [0.2, 0.25) is 11.1 Å². The van der Waals surface area contributed by atoms with Crippen LogP contribution in [0.1, 0.15) is 6.92 Å². The molecule has 0 aliphatic rings. The predicted molar refractivity (Wildman–Crippen MR) is 47.6 cm³/mol. The van der Waals surface area contributed by atoms with Crippen molar-refractivity contribution in [1.82, 2.24) is 9.36 Å². The Bertz CT molecular complexity index is 244. The Labute approximate surface area is 69.3 Å². The lowest BCUT2D eigenvalue weighted by atomic mass is 10.3. The fourth-order valence-electron chi connectivity index (χ4n) is 0.547. The first-order chi connectivity index (χ1) is 5.22. The molecule has 0 fully saturated rings. The van der Waals surface area contributed by atoms with E-state index >= 15 is 0 Å². The van der Waals surface area contributed by atoms with Gasteiger partial charge in [-0.3, -0.25) is 0 Å². The summed E-state index contributed by atoms with van der Waals surface area (Å²) in [5.74, 6) is 0.314. The summed E-state index contributed by atoms with van der Waals surface area (Å²) < 4.78 is 3.82. The van der Waals surface area contributed by atoms with E-state index in [1.807, 2.05) is 6.92 Å². The summed E-state index contributed by atoms with van der Waals surface area (Å²) in [5, 5.41) is 3.79. The lowest BCUT2D eigenvalue weighted by molar-refractivity contribution is 0.996. The van der Waals surface area contributed by atoms with Gasteiger partial charge in [-0.05, 0) is 6.92 Å². The first-order valence-corrected chi connectivity index (χ1v) is 3.98. The second kappa shape index (κ2) is 3.34. The van der Waals surface area contributed by atoms with E-state index in [0.717, 1.165) is 5.13 Å². The van der Waals surface area contributed by atoms with Gasteiger partial charge in [0.25, 0.3) is 0 Å². The molecule has 0 amide bonds. The highest BCUT2D eigenvalue weighted by Crippen LogP contribution is 2.12. The minimum atomic E-state index is 0.197. The number of anilines is 2. The van der Waals surface area contributed by atoms with Crippen LogP contribution in [0, 0.1) is 0 Å². The SMILES string of the molecule is C=CC(C)Nc1nc(N)ns1. The molecule has 0 aliphatic heterocycles. The summed E-state index contributed by atoms with van der Waals surface area (Å²) >= 11 is 1.25. The van der Waals surface area contributed by atoms with Gasteiger partial charge in [0.1, 0.15) is 0 Å². The first kappa shape index (κ1) is 8.00. The zero-order valence-corrected chi connectivity index (χ0v) is 7.06. The fourth-order valence-corrected chi connectivity index (χ4v) is 1.14. The van der Waals surface area contributed by atoms with Crippen molar-refractivity contribution in [3.63, 3.8) is 0 Å². The fraction of sp³-hybridized carbons (Fsp3) is 0.333. The maximum Gasteiger partial charge on any atom is 0.233 e.